The molecule has 22 heavy (non-hydrogen) atoms. The molecule has 2 heterocycles. The summed E-state index contributed by atoms with van der Waals surface area (Å²) in [6.07, 6.45) is 0. The maximum absolute atomic E-state index is 12.7. The zero-order valence-corrected chi connectivity index (χ0v) is 13.3. The summed E-state index contributed by atoms with van der Waals surface area (Å²) >= 11 is 0. The van der Waals surface area contributed by atoms with Crippen molar-refractivity contribution >= 4 is 22.7 Å². The van der Waals surface area contributed by atoms with Crippen LogP contribution in [0.25, 0.3) is 10.9 Å². The molecule has 1 aromatic heterocycles. The first kappa shape index (κ1) is 14.6. The van der Waals surface area contributed by atoms with Crippen molar-refractivity contribution in [1.29, 1.82) is 0 Å². The van der Waals surface area contributed by atoms with Crippen LogP contribution in [0.1, 0.15) is 28.5 Å². The first-order chi connectivity index (χ1) is 10.5. The summed E-state index contributed by atoms with van der Waals surface area (Å²) in [6, 6.07) is 5.81. The van der Waals surface area contributed by atoms with Crippen molar-refractivity contribution in [3.63, 3.8) is 0 Å². The fourth-order valence-electron chi connectivity index (χ4n) is 3.00. The molecule has 0 aliphatic carbocycles. The molecular weight excluding hydrogens is 278 g/mol. The Balaban J connectivity index is 1.81. The lowest BCUT2D eigenvalue weighted by Crippen LogP contribution is -2.50. The van der Waals surface area contributed by atoms with Crippen molar-refractivity contribution in [2.45, 2.75) is 20.8 Å². The minimum atomic E-state index is 0.0448. The van der Waals surface area contributed by atoms with Crippen LogP contribution in [0.4, 0.5) is 0 Å². The smallest absolute Gasteiger partial charge is 0.253 e. The highest BCUT2D eigenvalue weighted by molar-refractivity contribution is 5.99. The minimum Gasteiger partial charge on any atom is -0.358 e. The molecule has 5 heteroatoms. The van der Waals surface area contributed by atoms with Gasteiger partial charge in [-0.3, -0.25) is 9.59 Å². The molecule has 5 nitrogen and oxygen atoms in total. The second-order valence-electron chi connectivity index (χ2n) is 5.93. The lowest BCUT2D eigenvalue weighted by molar-refractivity contribution is -0.130. The lowest BCUT2D eigenvalue weighted by Gasteiger charge is -2.34. The van der Waals surface area contributed by atoms with Crippen molar-refractivity contribution in [1.82, 2.24) is 14.8 Å². The molecule has 1 fully saturated rings. The van der Waals surface area contributed by atoms with E-state index in [-0.39, 0.29) is 11.8 Å². The van der Waals surface area contributed by atoms with Crippen LogP contribution < -0.4 is 0 Å². The van der Waals surface area contributed by atoms with Crippen molar-refractivity contribution in [3.8, 4) is 0 Å². The van der Waals surface area contributed by atoms with E-state index in [9.17, 15) is 9.59 Å². The molecular formula is C17H21N3O2. The van der Waals surface area contributed by atoms with Gasteiger partial charge in [0.25, 0.3) is 5.91 Å². The largest absolute Gasteiger partial charge is 0.358 e. The number of hydrogen-bond donors (Lipinski definition) is 1. The van der Waals surface area contributed by atoms with E-state index < -0.39 is 0 Å². The number of aromatic nitrogens is 1. The van der Waals surface area contributed by atoms with Crippen LogP contribution in [0.15, 0.2) is 18.2 Å². The number of nitrogens with zero attached hydrogens (tertiary/aromatic N) is 2. The van der Waals surface area contributed by atoms with E-state index in [1.807, 2.05) is 30.0 Å². The van der Waals surface area contributed by atoms with E-state index in [1.165, 1.54) is 5.56 Å². The molecule has 116 valence electrons. The normalized spacial score (nSPS) is 15.4. The molecule has 1 saturated heterocycles. The van der Waals surface area contributed by atoms with Crippen LogP contribution in [0.2, 0.25) is 0 Å². The highest BCUT2D eigenvalue weighted by Crippen LogP contribution is 2.23. The summed E-state index contributed by atoms with van der Waals surface area (Å²) in [5, 5.41) is 1.10. The maximum Gasteiger partial charge on any atom is 0.253 e. The third-order valence-electron chi connectivity index (χ3n) is 4.57. The Bertz CT molecular complexity index is 740. The molecule has 1 aromatic carbocycles. The Morgan fingerprint density at radius 1 is 1.05 bits per heavy atom. The number of aromatic amines is 1. The summed E-state index contributed by atoms with van der Waals surface area (Å²) in [5.74, 6) is 0.121. The molecule has 1 aliphatic heterocycles. The molecule has 0 unspecified atom stereocenters. The first-order valence-corrected chi connectivity index (χ1v) is 7.61. The van der Waals surface area contributed by atoms with Gasteiger partial charge in [0.1, 0.15) is 0 Å². The van der Waals surface area contributed by atoms with Crippen LogP contribution in [0, 0.1) is 13.8 Å². The Labute approximate surface area is 129 Å². The number of rotatable bonds is 1. The van der Waals surface area contributed by atoms with Gasteiger partial charge in [-0.15, -0.1) is 0 Å². The number of fused-ring (bicyclic) bond motifs is 1. The van der Waals surface area contributed by atoms with Gasteiger partial charge in [-0.05, 0) is 37.6 Å². The first-order valence-electron chi connectivity index (χ1n) is 7.61. The van der Waals surface area contributed by atoms with Crippen molar-refractivity contribution in [2.24, 2.45) is 0 Å². The highest BCUT2D eigenvalue weighted by Gasteiger charge is 2.23. The Morgan fingerprint density at radius 3 is 2.32 bits per heavy atom. The SMILES string of the molecule is CC(=O)N1CCN(C(=O)c2ccc3[nH]c(C)c(C)c3c2)CC1. The number of aryl methyl sites for hydroxylation is 2. The Hall–Kier alpha value is -2.30. The Kier molecular flexibility index (Phi) is 3.64. The summed E-state index contributed by atoms with van der Waals surface area (Å²) in [4.78, 5) is 30.9. The fraction of sp³-hybridized carbons (Fsp3) is 0.412. The summed E-state index contributed by atoms with van der Waals surface area (Å²) < 4.78 is 0. The van der Waals surface area contributed by atoms with Gasteiger partial charge in [0.15, 0.2) is 0 Å². The van der Waals surface area contributed by atoms with Crippen LogP contribution in [-0.2, 0) is 4.79 Å². The summed E-state index contributed by atoms with van der Waals surface area (Å²) in [5.41, 5.74) is 4.10. The van der Waals surface area contributed by atoms with Gasteiger partial charge < -0.3 is 14.8 Å². The van der Waals surface area contributed by atoms with E-state index in [2.05, 4.69) is 11.9 Å². The second kappa shape index (κ2) is 5.48. The van der Waals surface area contributed by atoms with Gasteiger partial charge in [0, 0.05) is 55.3 Å². The number of hydrogen-bond acceptors (Lipinski definition) is 2. The maximum atomic E-state index is 12.7. The van der Waals surface area contributed by atoms with Gasteiger partial charge >= 0.3 is 0 Å². The van der Waals surface area contributed by atoms with E-state index in [0.717, 1.165) is 16.6 Å². The predicted octanol–water partition coefficient (Wildman–Crippen LogP) is 2.09. The molecule has 0 atom stereocenters. The monoisotopic (exact) mass is 299 g/mol. The molecule has 0 bridgehead atoms. The summed E-state index contributed by atoms with van der Waals surface area (Å²) in [6.45, 7) is 8.11. The molecule has 1 N–H and O–H groups in total. The quantitative estimate of drug-likeness (QED) is 0.876. The van der Waals surface area contributed by atoms with E-state index in [4.69, 9.17) is 0 Å². The van der Waals surface area contributed by atoms with E-state index in [1.54, 1.807) is 11.8 Å². The average Bonchev–Trinajstić information content (AvgIpc) is 2.81. The molecule has 2 aromatic rings. The van der Waals surface area contributed by atoms with Crippen molar-refractivity contribution < 1.29 is 9.59 Å². The van der Waals surface area contributed by atoms with Crippen LogP contribution >= 0.6 is 0 Å². The van der Waals surface area contributed by atoms with Gasteiger partial charge in [-0.25, -0.2) is 0 Å². The fourth-order valence-corrected chi connectivity index (χ4v) is 3.00. The third-order valence-corrected chi connectivity index (χ3v) is 4.57. The predicted molar refractivity (Wildman–Crippen MR) is 85.9 cm³/mol. The standard InChI is InChI=1S/C17H21N3O2/c1-11-12(2)18-16-5-4-14(10-15(11)16)17(22)20-8-6-19(7-9-20)13(3)21/h4-5,10,18H,6-9H2,1-3H3. The number of amides is 2. The van der Waals surface area contributed by atoms with Gasteiger partial charge in [0.2, 0.25) is 5.91 Å². The third kappa shape index (κ3) is 2.47. The Morgan fingerprint density at radius 2 is 1.68 bits per heavy atom. The zero-order valence-electron chi connectivity index (χ0n) is 13.3. The zero-order chi connectivity index (χ0) is 15.9. The average molecular weight is 299 g/mol. The number of nitrogens with one attached hydrogen (secondary N) is 1. The molecule has 3 rings (SSSR count). The van der Waals surface area contributed by atoms with Crippen molar-refractivity contribution in [3.05, 3.63) is 35.0 Å². The van der Waals surface area contributed by atoms with Crippen LogP contribution in [-0.4, -0.2) is 52.8 Å². The number of carbonyl (C=O) groups is 2. The lowest BCUT2D eigenvalue weighted by atomic mass is 10.1. The van der Waals surface area contributed by atoms with Crippen molar-refractivity contribution in [2.75, 3.05) is 26.2 Å². The number of benzene rings is 1. The van der Waals surface area contributed by atoms with E-state index >= 15 is 0 Å². The van der Waals surface area contributed by atoms with Crippen LogP contribution in [0.3, 0.4) is 0 Å². The second-order valence-corrected chi connectivity index (χ2v) is 5.93. The van der Waals surface area contributed by atoms with Gasteiger partial charge in [0.05, 0.1) is 0 Å². The van der Waals surface area contributed by atoms with Gasteiger partial charge in [-0.1, -0.05) is 0 Å². The number of piperazine rings is 1. The highest BCUT2D eigenvalue weighted by atomic mass is 16.2. The van der Waals surface area contributed by atoms with E-state index in [0.29, 0.717) is 31.7 Å². The number of carbonyl (C=O) groups excluding carboxylic acids is 2. The molecule has 0 saturated carbocycles. The topological polar surface area (TPSA) is 56.4 Å². The molecule has 0 radical (unpaired) electrons. The minimum absolute atomic E-state index is 0.0448. The van der Waals surface area contributed by atoms with Crippen LogP contribution in [0.5, 0.6) is 0 Å². The van der Waals surface area contributed by atoms with Gasteiger partial charge in [-0.2, -0.15) is 0 Å². The molecule has 2 amide bonds. The summed E-state index contributed by atoms with van der Waals surface area (Å²) in [7, 11) is 0. The molecule has 1 aliphatic rings. The molecule has 0 spiro atoms. The number of H-pyrrole nitrogens is 1.